The second-order valence-electron chi connectivity index (χ2n) is 25.3. The molecule has 8 aliphatic rings. The molecule has 1 N–H and O–H groups in total. The molecule has 11 heteroatoms. The number of fused-ring (bicyclic) bond motifs is 2. The summed E-state index contributed by atoms with van der Waals surface area (Å²) in [5.74, 6) is 1.37. The van der Waals surface area contributed by atoms with Gasteiger partial charge in [0.15, 0.2) is 16.6 Å². The lowest BCUT2D eigenvalue weighted by molar-refractivity contribution is -0.262. The van der Waals surface area contributed by atoms with Gasteiger partial charge in [0, 0.05) is 25.2 Å². The molecule has 5 saturated heterocycles. The van der Waals surface area contributed by atoms with Crippen LogP contribution in [0.3, 0.4) is 0 Å². The summed E-state index contributed by atoms with van der Waals surface area (Å²) in [4.78, 5) is 14.6. The SMILES string of the molecule is C=C1C[C@@H]2CCC(O)/C=C/[C@H](C)[C@@H]3O[C@H]4CC[C@H](CC(=O)CC5[C@H](CC6O[C@@H](CCC1O2)C[C@@H](C)C6=C)O[C@H](C[C@H](C)CC)[C@@H]5C)O[C@@H]4[C@H](O[Si](C)(C)C(C)(C)C)[C@@H]3O[Si](C)(C)C(C)(C)C. The number of hydrogen-bond donors (Lipinski definition) is 1. The number of rotatable bonds is 7. The largest absolute Gasteiger partial charge is 0.409 e. The Balaban J connectivity index is 1.34. The topological polar surface area (TPSA) is 102 Å². The average molecular weight is 958 g/mol. The molecule has 0 saturated carbocycles. The molecule has 0 amide bonds. The van der Waals surface area contributed by atoms with Crippen LogP contribution in [0.4, 0.5) is 0 Å². The van der Waals surface area contributed by atoms with Crippen molar-refractivity contribution < 1.29 is 42.4 Å². The van der Waals surface area contributed by atoms with Gasteiger partial charge in [0.25, 0.3) is 0 Å². The number of aliphatic hydroxyl groups is 1. The lowest BCUT2D eigenvalue weighted by Gasteiger charge is -2.55. The van der Waals surface area contributed by atoms with Crippen LogP contribution in [0.25, 0.3) is 0 Å². The molecule has 0 aromatic rings. The Bertz CT molecular complexity index is 1680. The van der Waals surface area contributed by atoms with E-state index in [9.17, 15) is 9.90 Å². The molecule has 8 aliphatic heterocycles. The number of hydrogen-bond acceptors (Lipinski definition) is 9. The van der Waals surface area contributed by atoms with Crippen molar-refractivity contribution in [3.05, 3.63) is 36.5 Å². The van der Waals surface area contributed by atoms with Crippen LogP contribution in [0.1, 0.15) is 160 Å². The summed E-state index contributed by atoms with van der Waals surface area (Å²) >= 11 is 0. The van der Waals surface area contributed by atoms with E-state index in [0.717, 1.165) is 68.9 Å². The Kier molecular flexibility index (Phi) is 17.9. The zero-order chi connectivity index (χ0) is 48.7. The van der Waals surface area contributed by atoms with Gasteiger partial charge >= 0.3 is 0 Å². The van der Waals surface area contributed by atoms with Crippen molar-refractivity contribution in [1.82, 2.24) is 0 Å². The lowest BCUT2D eigenvalue weighted by atomic mass is 9.78. The van der Waals surface area contributed by atoms with E-state index in [4.69, 9.17) is 32.5 Å². The number of ether oxygens (including phenoxy) is 5. The molecule has 5 fully saturated rings. The van der Waals surface area contributed by atoms with E-state index >= 15 is 0 Å². The third-order valence-corrected chi connectivity index (χ3v) is 27.0. The highest BCUT2D eigenvalue weighted by Crippen LogP contribution is 2.48. The minimum Gasteiger partial charge on any atom is -0.409 e. The molecular formula is C55H96O9Si2. The Hall–Kier alpha value is -0.996. The van der Waals surface area contributed by atoms with Crippen molar-refractivity contribution >= 4 is 22.4 Å². The quantitative estimate of drug-likeness (QED) is 0.197. The zero-order valence-electron chi connectivity index (χ0n) is 44.4. The van der Waals surface area contributed by atoms with Gasteiger partial charge in [-0.3, -0.25) is 4.79 Å². The monoisotopic (exact) mass is 957 g/mol. The molecule has 8 rings (SSSR count). The maximum atomic E-state index is 14.6. The maximum absolute atomic E-state index is 14.6. The standard InChI is InChI=1S/C55H96O9Si2/c1-18-33(2)27-47-38(7)44-31-40(57)30-43-24-26-46-51(60-43)53(64-66(16,17)55(11,12)13)52(63-65(14,15)54(8,9)10)50(62-46)34(3)19-20-39(56)21-22-41-29-36(5)45(58-41)25-23-42-28-35(4)37(6)48(59-42)32-49(44)61-47/h19-20,33-35,38-39,41-53,56H,5-6,18,21-32H2,1-4,7-17H3/b20-19+/t33-,34+,35-,38-,39?,41+,42+,43-,44?,45?,46+,47-,48?,49+,50+,51+,52-,53+/m1/s1. The first-order valence-corrected chi connectivity index (χ1v) is 32.4. The summed E-state index contributed by atoms with van der Waals surface area (Å²) in [6, 6.07) is 0. The van der Waals surface area contributed by atoms with Gasteiger partial charge in [-0.2, -0.15) is 0 Å². The number of aliphatic hydroxyl groups excluding tert-OH is 1. The molecule has 0 aromatic heterocycles. The van der Waals surface area contributed by atoms with Crippen LogP contribution in [-0.4, -0.2) is 107 Å². The first-order valence-electron chi connectivity index (χ1n) is 26.5. The molecular weight excluding hydrogens is 861 g/mol. The minimum absolute atomic E-state index is 0.00891. The fourth-order valence-corrected chi connectivity index (χ4v) is 13.8. The van der Waals surface area contributed by atoms with Gasteiger partial charge in [0.2, 0.25) is 0 Å². The summed E-state index contributed by atoms with van der Waals surface area (Å²) in [6.45, 7) is 43.4. The molecule has 0 spiro atoms. The van der Waals surface area contributed by atoms with Gasteiger partial charge in [-0.25, -0.2) is 0 Å². The fourth-order valence-electron chi connectivity index (χ4n) is 11.2. The zero-order valence-corrected chi connectivity index (χ0v) is 46.4. The Morgan fingerprint density at radius 1 is 0.712 bits per heavy atom. The van der Waals surface area contributed by atoms with Crippen LogP contribution in [0.5, 0.6) is 0 Å². The Morgan fingerprint density at radius 2 is 1.30 bits per heavy atom. The lowest BCUT2D eigenvalue weighted by Crippen LogP contribution is -2.67. The second kappa shape index (κ2) is 21.8. The van der Waals surface area contributed by atoms with E-state index in [1.807, 2.05) is 6.08 Å². The minimum atomic E-state index is -2.38. The number of carbonyl (C=O) groups excluding carboxylic acids is 1. The Labute approximate surface area is 404 Å². The highest BCUT2D eigenvalue weighted by molar-refractivity contribution is 6.74. The number of ketones is 1. The van der Waals surface area contributed by atoms with Crippen LogP contribution in [0.15, 0.2) is 36.5 Å². The molecule has 0 radical (unpaired) electrons. The van der Waals surface area contributed by atoms with Crippen molar-refractivity contribution in [2.24, 2.45) is 29.6 Å². The molecule has 9 nitrogen and oxygen atoms in total. The molecule has 4 unspecified atom stereocenters. The molecule has 378 valence electrons. The number of Topliss-reactive ketones (excluding diaryl/α,β-unsaturated/α-hetero) is 1. The van der Waals surface area contributed by atoms with Gasteiger partial charge in [-0.15, -0.1) is 0 Å². The smallest absolute Gasteiger partial charge is 0.192 e. The molecule has 0 aromatic carbocycles. The van der Waals surface area contributed by atoms with Gasteiger partial charge in [0.05, 0.1) is 67.1 Å². The van der Waals surface area contributed by atoms with E-state index in [1.165, 1.54) is 0 Å². The predicted octanol–water partition coefficient (Wildman–Crippen LogP) is 12.5. The van der Waals surface area contributed by atoms with Crippen LogP contribution >= 0.6 is 0 Å². The Morgan fingerprint density at radius 3 is 1.94 bits per heavy atom. The first kappa shape index (κ1) is 54.3. The van der Waals surface area contributed by atoms with Gasteiger partial charge in [0.1, 0.15) is 18.0 Å². The third-order valence-electron chi connectivity index (χ3n) is 18.1. The van der Waals surface area contributed by atoms with Crippen molar-refractivity contribution in [2.75, 3.05) is 0 Å². The van der Waals surface area contributed by atoms with Crippen LogP contribution in [0.2, 0.25) is 36.3 Å². The average Bonchev–Trinajstić information content (AvgIpc) is 3.72. The van der Waals surface area contributed by atoms with Gasteiger partial charge in [-0.1, -0.05) is 108 Å². The predicted molar refractivity (Wildman–Crippen MR) is 272 cm³/mol. The van der Waals surface area contributed by atoms with E-state index in [0.29, 0.717) is 37.5 Å². The summed E-state index contributed by atoms with van der Waals surface area (Å²) in [5, 5.41) is 11.3. The highest BCUT2D eigenvalue weighted by atomic mass is 28.4. The highest BCUT2D eigenvalue weighted by Gasteiger charge is 2.57. The van der Waals surface area contributed by atoms with E-state index in [-0.39, 0.29) is 101 Å². The van der Waals surface area contributed by atoms with E-state index < -0.39 is 28.8 Å². The first-order chi connectivity index (χ1) is 30.7. The van der Waals surface area contributed by atoms with Crippen LogP contribution < -0.4 is 0 Å². The van der Waals surface area contributed by atoms with Crippen molar-refractivity contribution in [2.45, 2.75) is 275 Å². The van der Waals surface area contributed by atoms with Gasteiger partial charge < -0.3 is 37.6 Å². The van der Waals surface area contributed by atoms with E-state index in [1.54, 1.807) is 0 Å². The maximum Gasteiger partial charge on any atom is 0.192 e. The molecule has 18 atom stereocenters. The van der Waals surface area contributed by atoms with Crippen molar-refractivity contribution in [3.63, 3.8) is 0 Å². The van der Waals surface area contributed by atoms with Crippen LogP contribution in [0, 0.1) is 29.6 Å². The number of carbonyl (C=O) groups is 1. The van der Waals surface area contributed by atoms with Gasteiger partial charge in [-0.05, 0) is 129 Å². The molecule has 0 aliphatic carbocycles. The summed E-state index contributed by atoms with van der Waals surface area (Å²) in [6.07, 6.45) is 11.6. The summed E-state index contributed by atoms with van der Waals surface area (Å²) < 4.78 is 50.1. The van der Waals surface area contributed by atoms with E-state index in [2.05, 4.69) is 122 Å². The summed E-state index contributed by atoms with van der Waals surface area (Å²) in [5.41, 5.74) is 2.28. The second-order valence-corrected chi connectivity index (χ2v) is 34.8. The normalized spacial score (nSPS) is 41.5. The molecule has 8 heterocycles. The van der Waals surface area contributed by atoms with Crippen LogP contribution in [-0.2, 0) is 37.3 Å². The summed E-state index contributed by atoms with van der Waals surface area (Å²) in [7, 11) is -4.76. The molecule has 8 bridgehead atoms. The van der Waals surface area contributed by atoms with Crippen molar-refractivity contribution in [3.8, 4) is 0 Å². The van der Waals surface area contributed by atoms with Crippen molar-refractivity contribution in [1.29, 1.82) is 0 Å². The third kappa shape index (κ3) is 12.9. The molecule has 66 heavy (non-hydrogen) atoms. The fraction of sp³-hybridized carbons (Fsp3) is 0.873.